The number of halogens is 6. The summed E-state index contributed by atoms with van der Waals surface area (Å²) in [5, 5.41) is 9.87. The van der Waals surface area contributed by atoms with E-state index in [-0.39, 0.29) is 25.0 Å². The Bertz CT molecular complexity index is 1830. The Kier molecular flexibility index (Phi) is 8.48. The number of anilines is 1. The summed E-state index contributed by atoms with van der Waals surface area (Å²) in [7, 11) is -4.56. The molecule has 1 heterocycles. The summed E-state index contributed by atoms with van der Waals surface area (Å²) in [4.78, 5) is 38.2. The van der Waals surface area contributed by atoms with Crippen LogP contribution in [0, 0.1) is 17.1 Å². The summed E-state index contributed by atoms with van der Waals surface area (Å²) in [5.41, 5.74) is -7.63. The van der Waals surface area contributed by atoms with Crippen LogP contribution in [0.5, 0.6) is 0 Å². The van der Waals surface area contributed by atoms with Crippen LogP contribution in [0.4, 0.5) is 23.2 Å². The average molecular weight is 620 g/mol. The lowest BCUT2D eigenvalue weighted by Crippen LogP contribution is -2.45. The zero-order chi connectivity index (χ0) is 30.2. The van der Waals surface area contributed by atoms with Crippen molar-refractivity contribution in [1.82, 2.24) is 9.24 Å². The molecular formula is C23H15Cl2F4N5O5S. The Morgan fingerprint density at radius 3 is 2.35 bits per heavy atom. The maximum absolute atomic E-state index is 15.0. The fourth-order valence-corrected chi connectivity index (χ4v) is 4.71. The van der Waals surface area contributed by atoms with E-state index >= 15 is 0 Å². The number of hydrogen-bond donors (Lipinski definition) is 1. The van der Waals surface area contributed by atoms with Gasteiger partial charge in [-0.1, -0.05) is 29.3 Å². The second-order valence-corrected chi connectivity index (χ2v) is 10.7. The molecule has 0 fully saturated rings. The van der Waals surface area contributed by atoms with Gasteiger partial charge in [-0.15, -0.1) is 0 Å². The molecule has 0 aliphatic carbocycles. The molecule has 0 radical (unpaired) electrons. The number of rotatable bonds is 6. The standard InChI is InChI=1S/C23H15Cl2F4N5O5S/c1-2-40(38,39)34(20(35)6-4-12-3-5-14(24)15(25)7-12)17-9-18(16(26)8-13(17)11-30)32-21(36)10-19(23(27,28)29)33(31)22(32)37/h3-10H,2,31H2,1H3/b6-4+. The van der Waals surface area contributed by atoms with Crippen LogP contribution in [-0.4, -0.2) is 29.3 Å². The lowest BCUT2D eigenvalue weighted by atomic mass is 10.1. The zero-order valence-electron chi connectivity index (χ0n) is 19.9. The molecular weight excluding hydrogens is 605 g/mol. The monoisotopic (exact) mass is 619 g/mol. The summed E-state index contributed by atoms with van der Waals surface area (Å²) in [6, 6.07) is 6.53. The molecule has 0 bridgehead atoms. The van der Waals surface area contributed by atoms with Gasteiger partial charge in [0.05, 0.1) is 32.7 Å². The molecule has 3 rings (SSSR count). The SMILES string of the molecule is CCS(=O)(=O)N(C(=O)/C=C/c1ccc(Cl)c(Cl)c1)c1cc(-n2c(=O)cc(C(F)(F)F)n(N)c2=O)c(F)cc1C#N. The highest BCUT2D eigenvalue weighted by Gasteiger charge is 2.36. The summed E-state index contributed by atoms with van der Waals surface area (Å²) < 4.78 is 79.9. The largest absolute Gasteiger partial charge is 0.433 e. The van der Waals surface area contributed by atoms with Crippen molar-refractivity contribution in [3.63, 3.8) is 0 Å². The number of nitrogen functional groups attached to an aromatic ring is 1. The van der Waals surface area contributed by atoms with Crippen LogP contribution < -0.4 is 21.4 Å². The van der Waals surface area contributed by atoms with Gasteiger partial charge in [-0.3, -0.25) is 9.59 Å². The van der Waals surface area contributed by atoms with E-state index in [1.807, 2.05) is 0 Å². The van der Waals surface area contributed by atoms with Crippen molar-refractivity contribution in [1.29, 1.82) is 5.26 Å². The minimum Gasteiger partial charge on any atom is -0.335 e. The van der Waals surface area contributed by atoms with E-state index in [1.54, 1.807) is 0 Å². The molecule has 2 N–H and O–H groups in total. The molecule has 40 heavy (non-hydrogen) atoms. The number of aromatic nitrogens is 2. The molecule has 0 saturated heterocycles. The molecule has 0 atom stereocenters. The van der Waals surface area contributed by atoms with Gasteiger partial charge in [-0.25, -0.2) is 31.2 Å². The van der Waals surface area contributed by atoms with E-state index < -0.39 is 72.2 Å². The highest BCUT2D eigenvalue weighted by atomic mass is 35.5. The van der Waals surface area contributed by atoms with Crippen LogP contribution in [0.3, 0.4) is 0 Å². The zero-order valence-corrected chi connectivity index (χ0v) is 22.2. The summed E-state index contributed by atoms with van der Waals surface area (Å²) in [5.74, 6) is 1.75. The average Bonchev–Trinajstić information content (AvgIpc) is 2.87. The molecule has 1 aromatic heterocycles. The van der Waals surface area contributed by atoms with Gasteiger partial charge in [-0.05, 0) is 42.8 Å². The van der Waals surface area contributed by atoms with E-state index in [0.717, 1.165) is 19.1 Å². The van der Waals surface area contributed by atoms with Crippen molar-refractivity contribution in [2.75, 3.05) is 15.9 Å². The molecule has 0 aliphatic rings. The maximum atomic E-state index is 15.0. The predicted octanol–water partition coefficient (Wildman–Crippen LogP) is 3.45. The van der Waals surface area contributed by atoms with Crippen LogP contribution in [-0.2, 0) is 21.0 Å². The van der Waals surface area contributed by atoms with E-state index in [9.17, 15) is 45.6 Å². The minimum absolute atomic E-state index is 0.0790. The van der Waals surface area contributed by atoms with Gasteiger partial charge in [0.1, 0.15) is 11.9 Å². The number of benzene rings is 2. The minimum atomic E-state index is -5.22. The fourth-order valence-electron chi connectivity index (χ4n) is 3.36. The summed E-state index contributed by atoms with van der Waals surface area (Å²) >= 11 is 11.8. The highest BCUT2D eigenvalue weighted by Crippen LogP contribution is 2.30. The van der Waals surface area contributed by atoms with Crippen molar-refractivity contribution in [3.05, 3.63) is 96.0 Å². The Morgan fingerprint density at radius 1 is 1.15 bits per heavy atom. The second kappa shape index (κ2) is 11.2. The predicted molar refractivity (Wildman–Crippen MR) is 139 cm³/mol. The number of nitrogens with two attached hydrogens (primary N) is 1. The number of carbonyl (C=O) groups excluding carboxylic acids is 1. The number of nitrogens with zero attached hydrogens (tertiary/aromatic N) is 4. The number of alkyl halides is 3. The molecule has 3 aromatic rings. The first-order valence-corrected chi connectivity index (χ1v) is 13.1. The van der Waals surface area contributed by atoms with E-state index in [4.69, 9.17) is 29.0 Å². The lowest BCUT2D eigenvalue weighted by Gasteiger charge is -2.23. The van der Waals surface area contributed by atoms with Crippen molar-refractivity contribution in [2.45, 2.75) is 13.1 Å². The van der Waals surface area contributed by atoms with Crippen LogP contribution in [0.25, 0.3) is 11.8 Å². The Morgan fingerprint density at radius 2 is 1.80 bits per heavy atom. The number of nitriles is 1. The molecule has 17 heteroatoms. The molecule has 210 valence electrons. The number of sulfonamides is 1. The van der Waals surface area contributed by atoms with Crippen LogP contribution in [0.1, 0.15) is 23.7 Å². The number of amides is 1. The quantitative estimate of drug-likeness (QED) is 0.252. The van der Waals surface area contributed by atoms with Gasteiger partial charge in [0, 0.05) is 12.1 Å². The molecule has 0 aliphatic heterocycles. The Balaban J connectivity index is 2.29. The van der Waals surface area contributed by atoms with Crippen LogP contribution >= 0.6 is 23.2 Å². The van der Waals surface area contributed by atoms with Crippen molar-refractivity contribution in [3.8, 4) is 11.8 Å². The van der Waals surface area contributed by atoms with E-state index in [2.05, 4.69) is 0 Å². The second-order valence-electron chi connectivity index (χ2n) is 7.80. The van der Waals surface area contributed by atoms with Crippen molar-refractivity contribution >= 4 is 50.9 Å². The van der Waals surface area contributed by atoms with Gasteiger partial charge in [0.2, 0.25) is 10.0 Å². The number of carbonyl (C=O) groups is 1. The molecule has 0 spiro atoms. The third-order valence-corrected chi connectivity index (χ3v) is 7.68. The lowest BCUT2D eigenvalue weighted by molar-refractivity contribution is -0.143. The Hall–Kier alpha value is -4.13. The molecule has 0 unspecified atom stereocenters. The van der Waals surface area contributed by atoms with Gasteiger partial charge in [0.25, 0.3) is 11.5 Å². The molecule has 0 saturated carbocycles. The van der Waals surface area contributed by atoms with E-state index in [0.29, 0.717) is 17.7 Å². The van der Waals surface area contributed by atoms with Crippen molar-refractivity contribution in [2.24, 2.45) is 0 Å². The fraction of sp³-hybridized carbons (Fsp3) is 0.130. The van der Waals surface area contributed by atoms with Crippen LogP contribution in [0.2, 0.25) is 10.0 Å². The molecule has 1 amide bonds. The number of hydrogen-bond acceptors (Lipinski definition) is 7. The molecule has 2 aromatic carbocycles. The normalized spacial score (nSPS) is 11.9. The summed E-state index contributed by atoms with van der Waals surface area (Å²) in [6.07, 6.45) is -3.28. The summed E-state index contributed by atoms with van der Waals surface area (Å²) in [6.45, 7) is 1.15. The third-order valence-electron chi connectivity index (χ3n) is 5.28. The first-order valence-electron chi connectivity index (χ1n) is 10.7. The molecule has 10 nitrogen and oxygen atoms in total. The van der Waals surface area contributed by atoms with E-state index in [1.165, 1.54) is 24.3 Å². The first-order chi connectivity index (χ1) is 18.5. The smallest absolute Gasteiger partial charge is 0.335 e. The first kappa shape index (κ1) is 30.4. The third kappa shape index (κ3) is 5.88. The van der Waals surface area contributed by atoms with Gasteiger partial charge in [-0.2, -0.15) is 18.4 Å². The Labute approximate surface area is 232 Å². The highest BCUT2D eigenvalue weighted by molar-refractivity contribution is 7.93. The topological polar surface area (TPSA) is 148 Å². The van der Waals surface area contributed by atoms with Crippen LogP contribution in [0.15, 0.2) is 52.1 Å². The van der Waals surface area contributed by atoms with Gasteiger partial charge < -0.3 is 5.84 Å². The maximum Gasteiger partial charge on any atom is 0.433 e. The van der Waals surface area contributed by atoms with Gasteiger partial charge in [0.15, 0.2) is 5.69 Å². The van der Waals surface area contributed by atoms with Crippen molar-refractivity contribution < 1.29 is 30.8 Å². The van der Waals surface area contributed by atoms with Gasteiger partial charge >= 0.3 is 11.9 Å².